The number of allylic oxidation sites excluding steroid dienone is 5. The van der Waals surface area contributed by atoms with Crippen LogP contribution in [0.5, 0.6) is 0 Å². The summed E-state index contributed by atoms with van der Waals surface area (Å²) in [4.78, 5) is 0. The van der Waals surface area contributed by atoms with E-state index in [1.165, 1.54) is 65.7 Å². The minimum absolute atomic E-state index is 0.957. The smallest absolute Gasteiger partial charge is 0.0558 e. The van der Waals surface area contributed by atoms with Gasteiger partial charge in [-0.05, 0) is 68.3 Å². The van der Waals surface area contributed by atoms with Crippen molar-refractivity contribution in [2.45, 2.75) is 20.8 Å². The van der Waals surface area contributed by atoms with Crippen molar-refractivity contribution in [2.75, 3.05) is 0 Å². The van der Waals surface area contributed by atoms with Gasteiger partial charge in [0.2, 0.25) is 0 Å². The maximum Gasteiger partial charge on any atom is 0.0558 e. The van der Waals surface area contributed by atoms with Crippen LogP contribution in [0.2, 0.25) is 0 Å². The van der Waals surface area contributed by atoms with Crippen LogP contribution in [0, 0.1) is 0 Å². The van der Waals surface area contributed by atoms with Crippen molar-refractivity contribution < 1.29 is 0 Å². The molecule has 0 atom stereocenters. The van der Waals surface area contributed by atoms with E-state index in [9.17, 15) is 0 Å². The molecule has 0 spiro atoms. The van der Waals surface area contributed by atoms with Crippen LogP contribution in [0.3, 0.4) is 0 Å². The van der Waals surface area contributed by atoms with Crippen LogP contribution in [0.1, 0.15) is 20.8 Å². The lowest BCUT2D eigenvalue weighted by Crippen LogP contribution is -2.08. The topological polar surface area (TPSA) is 14.8 Å². The van der Waals surface area contributed by atoms with Crippen molar-refractivity contribution in [1.29, 1.82) is 0 Å². The van der Waals surface area contributed by atoms with E-state index in [-0.39, 0.29) is 0 Å². The quantitative estimate of drug-likeness (QED) is 0.171. The SMILES string of the molecule is C=C(/C(C)=C(\C(C)=C(/C)n1c2ccccc2c2ccccc21)n1c2ccccc2c2ccccc21)n1c2ccccc2c2ccccc21. The van der Waals surface area contributed by atoms with E-state index in [1.807, 2.05) is 0 Å². The molecule has 0 aliphatic carbocycles. The molecule has 0 radical (unpaired) electrons. The summed E-state index contributed by atoms with van der Waals surface area (Å²) < 4.78 is 7.24. The molecule has 0 fully saturated rings. The molecule has 0 bridgehead atoms. The van der Waals surface area contributed by atoms with E-state index in [0.717, 1.165) is 28.0 Å². The average molecular weight is 618 g/mol. The Hall–Kier alpha value is -6.06. The zero-order chi connectivity index (χ0) is 32.5. The number of benzene rings is 6. The highest BCUT2D eigenvalue weighted by Crippen LogP contribution is 2.42. The summed E-state index contributed by atoms with van der Waals surface area (Å²) in [5, 5.41) is 7.46. The number of nitrogens with zero attached hydrogens (tertiary/aromatic N) is 3. The van der Waals surface area contributed by atoms with Gasteiger partial charge < -0.3 is 13.7 Å². The zero-order valence-electron chi connectivity index (χ0n) is 27.4. The van der Waals surface area contributed by atoms with Crippen molar-refractivity contribution in [3.63, 3.8) is 0 Å². The Morgan fingerprint density at radius 3 is 0.958 bits per heavy atom. The first-order chi connectivity index (χ1) is 23.5. The minimum Gasteiger partial charge on any atom is -0.313 e. The second-order valence-electron chi connectivity index (χ2n) is 12.7. The molecule has 0 unspecified atom stereocenters. The molecule has 0 saturated heterocycles. The number of hydrogen-bond acceptors (Lipinski definition) is 0. The number of aromatic nitrogens is 3. The normalized spacial score (nSPS) is 13.2. The number of fused-ring (bicyclic) bond motifs is 9. The van der Waals surface area contributed by atoms with Crippen molar-refractivity contribution in [2.24, 2.45) is 0 Å². The molecule has 3 heteroatoms. The van der Waals surface area contributed by atoms with Crippen molar-refractivity contribution in [1.82, 2.24) is 13.7 Å². The van der Waals surface area contributed by atoms with Gasteiger partial charge in [0.25, 0.3) is 0 Å². The van der Waals surface area contributed by atoms with Crippen molar-refractivity contribution in [3.05, 3.63) is 163 Å². The molecule has 3 aromatic heterocycles. The third-order valence-electron chi connectivity index (χ3n) is 10.3. The Morgan fingerprint density at radius 1 is 0.354 bits per heavy atom. The molecule has 3 heterocycles. The molecular weight excluding hydrogens is 583 g/mol. The van der Waals surface area contributed by atoms with Crippen LogP contribution in [-0.4, -0.2) is 13.7 Å². The third kappa shape index (κ3) is 3.94. The second kappa shape index (κ2) is 10.8. The summed E-state index contributed by atoms with van der Waals surface area (Å²) in [7, 11) is 0. The van der Waals surface area contributed by atoms with Gasteiger partial charge >= 0.3 is 0 Å². The van der Waals surface area contributed by atoms with Crippen LogP contribution in [0.15, 0.2) is 163 Å². The zero-order valence-corrected chi connectivity index (χ0v) is 27.4. The van der Waals surface area contributed by atoms with E-state index >= 15 is 0 Å². The summed E-state index contributed by atoms with van der Waals surface area (Å²) >= 11 is 0. The fourth-order valence-electron chi connectivity index (χ4n) is 7.92. The lowest BCUT2D eigenvalue weighted by molar-refractivity contribution is 1.11. The van der Waals surface area contributed by atoms with Gasteiger partial charge in [-0.1, -0.05) is 116 Å². The molecule has 3 nitrogen and oxygen atoms in total. The van der Waals surface area contributed by atoms with Gasteiger partial charge in [-0.15, -0.1) is 0 Å². The van der Waals surface area contributed by atoms with Crippen LogP contribution in [0.25, 0.3) is 82.5 Å². The predicted molar refractivity (Wildman–Crippen MR) is 207 cm³/mol. The van der Waals surface area contributed by atoms with Gasteiger partial charge in [-0.25, -0.2) is 0 Å². The van der Waals surface area contributed by atoms with E-state index in [0.29, 0.717) is 0 Å². The van der Waals surface area contributed by atoms with Crippen LogP contribution in [0.4, 0.5) is 0 Å². The van der Waals surface area contributed by atoms with Gasteiger partial charge in [0.05, 0.1) is 38.8 Å². The van der Waals surface area contributed by atoms with Crippen molar-refractivity contribution in [3.8, 4) is 0 Å². The van der Waals surface area contributed by atoms with E-state index < -0.39 is 0 Å². The average Bonchev–Trinajstić information content (AvgIpc) is 3.77. The molecule has 0 amide bonds. The summed E-state index contributed by atoms with van der Waals surface area (Å²) in [6, 6.07) is 52.3. The molecule has 9 aromatic rings. The Morgan fingerprint density at radius 2 is 0.625 bits per heavy atom. The molecule has 0 aliphatic heterocycles. The van der Waals surface area contributed by atoms with Gasteiger partial charge in [-0.2, -0.15) is 0 Å². The van der Waals surface area contributed by atoms with Gasteiger partial charge in [-0.3, -0.25) is 0 Å². The fraction of sp³-hybridized carbons (Fsp3) is 0.0667. The Kier molecular flexibility index (Phi) is 6.31. The number of para-hydroxylation sites is 6. The second-order valence-corrected chi connectivity index (χ2v) is 12.7. The first-order valence-corrected chi connectivity index (χ1v) is 16.6. The van der Waals surface area contributed by atoms with Gasteiger partial charge in [0.1, 0.15) is 0 Å². The summed E-state index contributed by atoms with van der Waals surface area (Å²) in [6.07, 6.45) is 0. The lowest BCUT2D eigenvalue weighted by atomic mass is 10.0. The van der Waals surface area contributed by atoms with Crippen molar-refractivity contribution >= 4 is 82.5 Å². The van der Waals surface area contributed by atoms with Crippen LogP contribution >= 0.6 is 0 Å². The molecule has 230 valence electrons. The maximum atomic E-state index is 4.85. The standard InChI is InChI=1S/C45H35N3/c1-29(31(3)46-39-23-11-5-17-33(39)34-18-6-12-24-40(34)46)45(48-43-27-15-9-21-37(43)38-22-10-16-28-44(38)48)30(2)32(4)47-41-25-13-7-19-35(41)36-20-8-14-26-42(36)47/h5-28H,3H2,1-2,4H3/b32-30+,45-29+. The molecule has 48 heavy (non-hydrogen) atoms. The number of hydrogen-bond donors (Lipinski definition) is 0. The first-order valence-electron chi connectivity index (χ1n) is 16.6. The largest absolute Gasteiger partial charge is 0.313 e. The maximum absolute atomic E-state index is 4.85. The summed E-state index contributed by atoms with van der Waals surface area (Å²) in [6.45, 7) is 11.6. The molecule has 6 aromatic carbocycles. The Bertz CT molecular complexity index is 2670. The van der Waals surface area contributed by atoms with Crippen LogP contribution in [-0.2, 0) is 0 Å². The highest BCUT2D eigenvalue weighted by molar-refractivity contribution is 6.14. The molecular formula is C45H35N3. The number of rotatable bonds is 5. The monoisotopic (exact) mass is 617 g/mol. The fourth-order valence-corrected chi connectivity index (χ4v) is 7.92. The Balaban J connectivity index is 1.41. The van der Waals surface area contributed by atoms with E-state index in [2.05, 4.69) is 180 Å². The third-order valence-corrected chi connectivity index (χ3v) is 10.3. The van der Waals surface area contributed by atoms with E-state index in [1.54, 1.807) is 0 Å². The minimum atomic E-state index is 0.957. The van der Waals surface area contributed by atoms with Crippen LogP contribution < -0.4 is 0 Å². The highest BCUT2D eigenvalue weighted by Gasteiger charge is 2.23. The van der Waals surface area contributed by atoms with Gasteiger partial charge in [0.15, 0.2) is 0 Å². The molecule has 9 rings (SSSR count). The van der Waals surface area contributed by atoms with Gasteiger partial charge in [0, 0.05) is 43.7 Å². The highest BCUT2D eigenvalue weighted by atomic mass is 15.0. The lowest BCUT2D eigenvalue weighted by Gasteiger charge is -2.23. The molecule has 0 saturated carbocycles. The Labute approximate surface area is 279 Å². The summed E-state index contributed by atoms with van der Waals surface area (Å²) in [5.41, 5.74) is 12.7. The predicted octanol–water partition coefficient (Wildman–Crippen LogP) is 12.4. The molecule has 0 aliphatic rings. The summed E-state index contributed by atoms with van der Waals surface area (Å²) in [5.74, 6) is 0. The van der Waals surface area contributed by atoms with E-state index in [4.69, 9.17) is 6.58 Å². The molecule has 0 N–H and O–H groups in total. The first kappa shape index (κ1) is 28.2.